The van der Waals surface area contributed by atoms with Crippen LogP contribution in [0.3, 0.4) is 0 Å². The van der Waals surface area contributed by atoms with Gasteiger partial charge in [0, 0.05) is 43.4 Å². The fourth-order valence-corrected chi connectivity index (χ4v) is 5.51. The van der Waals surface area contributed by atoms with E-state index in [1.165, 1.54) is 6.07 Å². The number of carbonyl (C=O) groups excluding carboxylic acids is 1. The molecule has 1 aliphatic heterocycles. The topological polar surface area (TPSA) is 118 Å². The third-order valence-corrected chi connectivity index (χ3v) is 7.36. The monoisotopic (exact) mass is 496 g/mol. The number of ether oxygens (including phenoxy) is 1. The van der Waals surface area contributed by atoms with E-state index in [9.17, 15) is 13.2 Å². The minimum atomic E-state index is -4.18. The first-order valence-corrected chi connectivity index (χ1v) is 13.1. The molecule has 1 aliphatic carbocycles. The molecule has 2 N–H and O–H groups in total. The Bertz CT molecular complexity index is 1380. The van der Waals surface area contributed by atoms with E-state index < -0.39 is 16.1 Å². The smallest absolute Gasteiger partial charge is 0.333 e. The molecular weight excluding hydrogens is 468 g/mol. The van der Waals surface area contributed by atoms with Crippen LogP contribution >= 0.6 is 0 Å². The Labute approximate surface area is 204 Å². The Balaban J connectivity index is 1.57. The number of amides is 2. The number of sulfonamides is 1. The number of benzene rings is 1. The van der Waals surface area contributed by atoms with Crippen molar-refractivity contribution < 1.29 is 17.9 Å². The number of pyridine rings is 1. The van der Waals surface area contributed by atoms with Gasteiger partial charge in [0.1, 0.15) is 0 Å². The molecule has 2 aliphatic rings. The van der Waals surface area contributed by atoms with Gasteiger partial charge in [-0.15, -0.1) is 0 Å². The molecule has 1 aromatic carbocycles. The first kappa shape index (κ1) is 23.3. The van der Waals surface area contributed by atoms with Crippen LogP contribution in [-0.4, -0.2) is 54.8 Å². The second-order valence-corrected chi connectivity index (χ2v) is 10.7. The van der Waals surface area contributed by atoms with Gasteiger partial charge < -0.3 is 15.0 Å². The molecule has 35 heavy (non-hydrogen) atoms. The molecule has 4 bridgehead atoms. The van der Waals surface area contributed by atoms with Crippen molar-refractivity contribution in [3.8, 4) is 17.0 Å². The summed E-state index contributed by atoms with van der Waals surface area (Å²) in [6.45, 7) is 1.35. The predicted octanol–water partition coefficient (Wildman–Crippen LogP) is 2.79. The van der Waals surface area contributed by atoms with Crippen molar-refractivity contribution in [1.82, 2.24) is 24.4 Å². The van der Waals surface area contributed by atoms with Gasteiger partial charge in [-0.2, -0.15) is 13.5 Å². The highest BCUT2D eigenvalue weighted by molar-refractivity contribution is 7.90. The third kappa shape index (κ3) is 4.87. The lowest BCUT2D eigenvalue weighted by molar-refractivity contribution is 0.256. The molecule has 2 amide bonds. The van der Waals surface area contributed by atoms with Gasteiger partial charge in [0.2, 0.25) is 5.88 Å². The number of aromatic nitrogens is 3. The van der Waals surface area contributed by atoms with Crippen LogP contribution in [0.25, 0.3) is 11.1 Å². The Kier molecular flexibility index (Phi) is 6.20. The van der Waals surface area contributed by atoms with Crippen LogP contribution in [-0.2, 0) is 36.0 Å². The van der Waals surface area contributed by atoms with Crippen molar-refractivity contribution >= 4 is 21.7 Å². The van der Waals surface area contributed by atoms with Gasteiger partial charge in [0.05, 0.1) is 18.0 Å². The van der Waals surface area contributed by atoms with Gasteiger partial charge >= 0.3 is 6.03 Å². The zero-order chi connectivity index (χ0) is 24.6. The van der Waals surface area contributed by atoms with Crippen molar-refractivity contribution in [2.45, 2.75) is 43.8 Å². The molecular formula is C24H28N6O4S. The maximum Gasteiger partial charge on any atom is 0.333 e. The Morgan fingerprint density at radius 1 is 1.14 bits per heavy atom. The zero-order valence-corrected chi connectivity index (χ0v) is 20.6. The quantitative estimate of drug-likeness (QED) is 0.560. The first-order chi connectivity index (χ1) is 16.8. The summed E-state index contributed by atoms with van der Waals surface area (Å²) in [4.78, 5) is 19.2. The molecule has 0 atom stereocenters. The van der Waals surface area contributed by atoms with E-state index in [2.05, 4.69) is 26.2 Å². The van der Waals surface area contributed by atoms with E-state index in [0.29, 0.717) is 37.7 Å². The molecule has 0 spiro atoms. The normalized spacial score (nSPS) is 17.2. The highest BCUT2D eigenvalue weighted by Gasteiger charge is 2.26. The number of anilines is 1. The van der Waals surface area contributed by atoms with Crippen molar-refractivity contribution in [2.24, 2.45) is 0 Å². The molecule has 3 heterocycles. The number of aryl methyl sites for hydroxylation is 2. The summed E-state index contributed by atoms with van der Waals surface area (Å²) >= 11 is 0. The minimum Gasteiger partial charge on any atom is -0.478 e. The average molecular weight is 497 g/mol. The van der Waals surface area contributed by atoms with Crippen LogP contribution in [0.1, 0.15) is 29.7 Å². The number of carbonyl (C=O) groups is 1. The Morgan fingerprint density at radius 2 is 2.00 bits per heavy atom. The summed E-state index contributed by atoms with van der Waals surface area (Å²) in [7, 11) is -0.389. The lowest BCUT2D eigenvalue weighted by Crippen LogP contribution is -2.35. The van der Waals surface area contributed by atoms with Gasteiger partial charge in [0.25, 0.3) is 10.0 Å². The lowest BCUT2D eigenvalue weighted by atomic mass is 9.98. The van der Waals surface area contributed by atoms with Gasteiger partial charge in [-0.3, -0.25) is 4.68 Å². The van der Waals surface area contributed by atoms with E-state index in [-0.39, 0.29) is 5.03 Å². The van der Waals surface area contributed by atoms with Crippen LogP contribution in [0.4, 0.5) is 10.5 Å². The standard InChI is InChI=1S/C24H28N6O4S/c1-29(2)15-18-14-22-27-30(18)11-4-12-34-21-13-17(9-10-25-21)20-8-7-16-5-3-6-19(16)23(20)26-24(31)28-35(22,32)33/h7-10,13-14H,3-6,11-12,15H2,1-2H3,(H2,26,28,31). The molecule has 2 aromatic heterocycles. The van der Waals surface area contributed by atoms with Gasteiger partial charge in [0.15, 0.2) is 5.03 Å². The Hall–Kier alpha value is -3.44. The predicted molar refractivity (Wildman–Crippen MR) is 131 cm³/mol. The van der Waals surface area contributed by atoms with Crippen molar-refractivity contribution in [1.29, 1.82) is 0 Å². The fraction of sp³-hybridized carbons (Fsp3) is 0.375. The molecule has 0 saturated heterocycles. The summed E-state index contributed by atoms with van der Waals surface area (Å²) in [5.74, 6) is 0.489. The lowest BCUT2D eigenvalue weighted by Gasteiger charge is -2.17. The van der Waals surface area contributed by atoms with Crippen LogP contribution < -0.4 is 14.8 Å². The van der Waals surface area contributed by atoms with E-state index in [4.69, 9.17) is 4.74 Å². The average Bonchev–Trinajstić information content (AvgIpc) is 3.44. The van der Waals surface area contributed by atoms with Gasteiger partial charge in [-0.25, -0.2) is 14.5 Å². The van der Waals surface area contributed by atoms with E-state index in [1.54, 1.807) is 10.9 Å². The van der Waals surface area contributed by atoms with Crippen molar-refractivity contribution in [3.05, 3.63) is 53.3 Å². The van der Waals surface area contributed by atoms with Crippen molar-refractivity contribution in [2.75, 3.05) is 26.0 Å². The van der Waals surface area contributed by atoms with Crippen LogP contribution in [0, 0.1) is 0 Å². The largest absolute Gasteiger partial charge is 0.478 e. The molecule has 10 nitrogen and oxygen atoms in total. The minimum absolute atomic E-state index is 0.192. The van der Waals surface area contributed by atoms with E-state index in [0.717, 1.165) is 47.2 Å². The van der Waals surface area contributed by atoms with Crippen LogP contribution in [0.5, 0.6) is 5.88 Å². The van der Waals surface area contributed by atoms with E-state index in [1.807, 2.05) is 37.2 Å². The molecule has 11 heteroatoms. The first-order valence-electron chi connectivity index (χ1n) is 11.6. The molecule has 0 fully saturated rings. The number of urea groups is 1. The number of hydrogen-bond donors (Lipinski definition) is 2. The van der Waals surface area contributed by atoms with Gasteiger partial charge in [-0.05, 0) is 56.1 Å². The molecule has 0 saturated carbocycles. The summed E-state index contributed by atoms with van der Waals surface area (Å²) in [6, 6.07) is 8.38. The molecule has 184 valence electrons. The maximum absolute atomic E-state index is 13.1. The molecule has 0 unspecified atom stereocenters. The number of fused-ring (bicyclic) bond motifs is 8. The SMILES string of the molecule is CN(C)Cc1cc2nn1CCCOc1cc(ccn1)-c1ccc3c(c1NC(=O)NS2(=O)=O)CCC3. The third-order valence-electron chi connectivity index (χ3n) is 6.15. The van der Waals surface area contributed by atoms with Crippen LogP contribution in [0.15, 0.2) is 41.6 Å². The number of hydrogen-bond acceptors (Lipinski definition) is 7. The number of nitrogens with one attached hydrogen (secondary N) is 2. The highest BCUT2D eigenvalue weighted by Crippen LogP contribution is 2.38. The molecule has 3 aromatic rings. The number of rotatable bonds is 2. The fourth-order valence-electron chi connectivity index (χ4n) is 4.62. The molecule has 5 rings (SSSR count). The molecule has 0 radical (unpaired) electrons. The second-order valence-electron chi connectivity index (χ2n) is 9.06. The summed E-state index contributed by atoms with van der Waals surface area (Å²) in [5, 5.41) is 6.92. The van der Waals surface area contributed by atoms with Gasteiger partial charge in [-0.1, -0.05) is 12.1 Å². The zero-order valence-electron chi connectivity index (χ0n) is 19.7. The maximum atomic E-state index is 13.1. The van der Waals surface area contributed by atoms with E-state index >= 15 is 0 Å². The van der Waals surface area contributed by atoms with Crippen LogP contribution in [0.2, 0.25) is 0 Å². The second kappa shape index (κ2) is 9.31. The summed E-state index contributed by atoms with van der Waals surface area (Å²) < 4.78 is 35.8. The Morgan fingerprint density at radius 3 is 2.83 bits per heavy atom. The summed E-state index contributed by atoms with van der Waals surface area (Å²) in [6.07, 6.45) is 4.97. The number of nitrogens with zero attached hydrogens (tertiary/aromatic N) is 4. The summed E-state index contributed by atoms with van der Waals surface area (Å²) in [5.41, 5.74) is 5.12. The highest BCUT2D eigenvalue weighted by atomic mass is 32.2. The van der Waals surface area contributed by atoms with Crippen molar-refractivity contribution in [3.63, 3.8) is 0 Å².